The van der Waals surface area contributed by atoms with Gasteiger partial charge in [0.2, 0.25) is 0 Å². The van der Waals surface area contributed by atoms with E-state index < -0.39 is 11.2 Å². The maximum Gasteiger partial charge on any atom is 0.331 e. The molecule has 0 fully saturated rings. The van der Waals surface area contributed by atoms with E-state index in [1.807, 2.05) is 0 Å². The van der Waals surface area contributed by atoms with Crippen LogP contribution in [0.4, 0.5) is 0 Å². The Morgan fingerprint density at radius 3 is 2.43 bits per heavy atom. The summed E-state index contributed by atoms with van der Waals surface area (Å²) >= 11 is 1.24. The summed E-state index contributed by atoms with van der Waals surface area (Å²) in [6.45, 7) is 0. The maximum atomic E-state index is 11.6. The SMILES string of the molecule is Cn1c2c(c(=O)n(C)c1=O)C(=O)CS2. The lowest BCUT2D eigenvalue weighted by Gasteiger charge is -2.06. The molecule has 0 saturated heterocycles. The van der Waals surface area contributed by atoms with Gasteiger partial charge in [0.25, 0.3) is 5.56 Å². The summed E-state index contributed by atoms with van der Waals surface area (Å²) in [6.07, 6.45) is 0. The summed E-state index contributed by atoms with van der Waals surface area (Å²) < 4.78 is 2.30. The molecule has 0 radical (unpaired) electrons. The number of fused-ring (bicyclic) bond motifs is 1. The first-order valence-corrected chi connectivity index (χ1v) is 4.98. The number of hydrogen-bond donors (Lipinski definition) is 0. The Bertz CT molecular complexity index is 541. The minimum atomic E-state index is -0.488. The lowest BCUT2D eigenvalue weighted by atomic mass is 10.2. The lowest BCUT2D eigenvalue weighted by Crippen LogP contribution is -2.39. The van der Waals surface area contributed by atoms with Crippen LogP contribution in [0.15, 0.2) is 14.6 Å². The number of carbonyl (C=O) groups excluding carboxylic acids is 1. The molecule has 5 nitrogen and oxygen atoms in total. The zero-order valence-electron chi connectivity index (χ0n) is 7.73. The number of hydrogen-bond acceptors (Lipinski definition) is 4. The largest absolute Gasteiger partial charge is 0.331 e. The summed E-state index contributed by atoms with van der Waals surface area (Å²) in [7, 11) is 2.94. The average molecular weight is 212 g/mol. The standard InChI is InChI=1S/C8H8N2O3S/c1-9-6(12)5-4(11)3-14-7(5)10(2)8(9)13/h3H2,1-2H3. The van der Waals surface area contributed by atoms with Gasteiger partial charge in [-0.15, -0.1) is 0 Å². The third kappa shape index (κ3) is 1.00. The molecule has 1 aliphatic rings. The second-order valence-corrected chi connectivity index (χ2v) is 4.06. The van der Waals surface area contributed by atoms with Crippen molar-refractivity contribution in [2.24, 2.45) is 14.1 Å². The van der Waals surface area contributed by atoms with E-state index in [1.54, 1.807) is 7.05 Å². The molecular formula is C8H8N2O3S. The summed E-state index contributed by atoms with van der Waals surface area (Å²) in [5.74, 6) is 0.0585. The van der Waals surface area contributed by atoms with Crippen molar-refractivity contribution in [3.05, 3.63) is 26.4 Å². The monoisotopic (exact) mass is 212 g/mol. The predicted octanol–water partition coefficient (Wildman–Crippen LogP) is -0.628. The number of Topliss-reactive ketones (excluding diaryl/α,β-unsaturated/α-hetero) is 1. The zero-order valence-corrected chi connectivity index (χ0v) is 8.55. The molecule has 0 aromatic carbocycles. The van der Waals surface area contributed by atoms with Gasteiger partial charge in [0.05, 0.1) is 10.8 Å². The predicted molar refractivity (Wildman–Crippen MR) is 52.0 cm³/mol. The Balaban J connectivity index is 2.99. The number of rotatable bonds is 0. The molecule has 1 aromatic heterocycles. The highest BCUT2D eigenvalue weighted by Gasteiger charge is 2.27. The topological polar surface area (TPSA) is 61.1 Å². The third-order valence-electron chi connectivity index (χ3n) is 2.23. The van der Waals surface area contributed by atoms with E-state index in [2.05, 4.69) is 0 Å². The van der Waals surface area contributed by atoms with Crippen molar-refractivity contribution >= 4 is 17.5 Å². The number of aromatic nitrogens is 2. The Hall–Kier alpha value is -1.30. The second kappa shape index (κ2) is 2.84. The molecule has 0 amide bonds. The zero-order chi connectivity index (χ0) is 10.5. The van der Waals surface area contributed by atoms with Crippen molar-refractivity contribution in [3.8, 4) is 0 Å². The first-order chi connectivity index (χ1) is 6.54. The van der Waals surface area contributed by atoms with Crippen LogP contribution in [0.5, 0.6) is 0 Å². The van der Waals surface area contributed by atoms with E-state index in [4.69, 9.17) is 0 Å². The van der Waals surface area contributed by atoms with Crippen LogP contribution in [0.3, 0.4) is 0 Å². The molecule has 74 valence electrons. The first-order valence-electron chi connectivity index (χ1n) is 4.00. The molecule has 0 unspecified atom stereocenters. The van der Waals surface area contributed by atoms with Crippen LogP contribution in [0, 0.1) is 0 Å². The lowest BCUT2D eigenvalue weighted by molar-refractivity contribution is 0.102. The van der Waals surface area contributed by atoms with Crippen molar-refractivity contribution in [2.45, 2.75) is 5.03 Å². The molecule has 0 atom stereocenters. The smallest absolute Gasteiger partial charge is 0.293 e. The second-order valence-electron chi connectivity index (χ2n) is 3.10. The molecule has 2 rings (SSSR count). The van der Waals surface area contributed by atoms with Crippen LogP contribution in [-0.2, 0) is 14.1 Å². The Morgan fingerprint density at radius 1 is 1.14 bits per heavy atom. The van der Waals surface area contributed by atoms with Crippen LogP contribution in [-0.4, -0.2) is 20.7 Å². The molecule has 0 bridgehead atoms. The van der Waals surface area contributed by atoms with Crippen molar-refractivity contribution in [2.75, 3.05) is 5.75 Å². The summed E-state index contributed by atoms with van der Waals surface area (Å²) in [6, 6.07) is 0. The van der Waals surface area contributed by atoms with Crippen LogP contribution >= 0.6 is 11.8 Å². The molecule has 0 aliphatic carbocycles. The van der Waals surface area contributed by atoms with Gasteiger partial charge in [-0.1, -0.05) is 11.8 Å². The van der Waals surface area contributed by atoms with Gasteiger partial charge in [-0.25, -0.2) is 4.79 Å². The van der Waals surface area contributed by atoms with E-state index in [-0.39, 0.29) is 17.1 Å². The molecule has 1 aliphatic heterocycles. The molecule has 0 N–H and O–H groups in total. The minimum Gasteiger partial charge on any atom is -0.293 e. The van der Waals surface area contributed by atoms with Gasteiger partial charge in [0, 0.05) is 14.1 Å². The summed E-state index contributed by atoms with van der Waals surface area (Å²) in [5.41, 5.74) is -0.728. The molecule has 2 heterocycles. The maximum absolute atomic E-state index is 11.6. The molecular weight excluding hydrogens is 204 g/mol. The Labute approximate surface area is 83.4 Å². The average Bonchev–Trinajstić information content (AvgIpc) is 2.54. The normalized spacial score (nSPS) is 14.6. The van der Waals surface area contributed by atoms with Gasteiger partial charge in [0.15, 0.2) is 5.78 Å². The highest BCUT2D eigenvalue weighted by molar-refractivity contribution is 8.00. The van der Waals surface area contributed by atoms with Crippen molar-refractivity contribution in [1.29, 1.82) is 0 Å². The van der Waals surface area contributed by atoms with Crippen LogP contribution in [0.2, 0.25) is 0 Å². The minimum absolute atomic E-state index is 0.152. The summed E-state index contributed by atoms with van der Waals surface area (Å²) in [5, 5.41) is 0.489. The van der Waals surface area contributed by atoms with Gasteiger partial charge in [-0.05, 0) is 0 Å². The molecule has 6 heteroatoms. The van der Waals surface area contributed by atoms with E-state index in [9.17, 15) is 14.4 Å². The van der Waals surface area contributed by atoms with Crippen LogP contribution < -0.4 is 11.2 Å². The van der Waals surface area contributed by atoms with Crippen LogP contribution in [0.1, 0.15) is 10.4 Å². The van der Waals surface area contributed by atoms with Gasteiger partial charge in [-0.2, -0.15) is 0 Å². The van der Waals surface area contributed by atoms with Crippen molar-refractivity contribution in [1.82, 2.24) is 9.13 Å². The number of carbonyl (C=O) groups is 1. The third-order valence-corrected chi connectivity index (χ3v) is 3.39. The quantitative estimate of drug-likeness (QED) is 0.537. The molecule has 1 aromatic rings. The van der Waals surface area contributed by atoms with Gasteiger partial charge < -0.3 is 0 Å². The van der Waals surface area contributed by atoms with Gasteiger partial charge in [-0.3, -0.25) is 18.7 Å². The fourth-order valence-corrected chi connectivity index (χ4v) is 2.47. The van der Waals surface area contributed by atoms with Crippen molar-refractivity contribution < 1.29 is 4.79 Å². The van der Waals surface area contributed by atoms with E-state index in [0.717, 1.165) is 4.57 Å². The summed E-state index contributed by atoms with van der Waals surface area (Å²) in [4.78, 5) is 34.4. The Morgan fingerprint density at radius 2 is 1.79 bits per heavy atom. The number of nitrogens with zero attached hydrogens (tertiary/aromatic N) is 2. The molecule has 0 spiro atoms. The highest BCUT2D eigenvalue weighted by atomic mass is 32.2. The number of ketones is 1. The first kappa shape index (κ1) is 9.26. The Kier molecular flexibility index (Phi) is 1.88. The number of thioether (sulfide) groups is 1. The highest BCUT2D eigenvalue weighted by Crippen LogP contribution is 2.26. The van der Waals surface area contributed by atoms with Gasteiger partial charge in [0.1, 0.15) is 5.56 Å². The fraction of sp³-hybridized carbons (Fsp3) is 0.375. The van der Waals surface area contributed by atoms with Gasteiger partial charge >= 0.3 is 5.69 Å². The molecule has 14 heavy (non-hydrogen) atoms. The van der Waals surface area contributed by atoms with E-state index in [1.165, 1.54) is 23.4 Å². The van der Waals surface area contributed by atoms with Crippen molar-refractivity contribution in [3.63, 3.8) is 0 Å². The molecule has 0 saturated carbocycles. The van der Waals surface area contributed by atoms with E-state index in [0.29, 0.717) is 5.03 Å². The fourth-order valence-electron chi connectivity index (χ4n) is 1.44. The van der Waals surface area contributed by atoms with Crippen LogP contribution in [0.25, 0.3) is 0 Å². The van der Waals surface area contributed by atoms with E-state index >= 15 is 0 Å².